The molecule has 35 heteroatoms. The van der Waals surface area contributed by atoms with Crippen molar-refractivity contribution in [3.8, 4) is 0 Å². The van der Waals surface area contributed by atoms with Crippen LogP contribution in [-0.4, -0.2) is 341 Å². The SMILES string of the molecule is CC(=O)N[C@H]1[C@H](O[C@H]2[C@@H](O)[C@@H](CO)O[C@@H](O[C@H]3[C@H](O[C@@H]4O[C@@H](C)[C@@H](O)[C@@H](O)[C@@H]4O)[C@@H](NC(C)=O)[C@H](O[C@H]4[C@@H](O)[C@@H](CO)O[C@@H](O[C@H]5[C@H](O)[C@@H](O)[C@H](OC[C@@H](CO)NC=O)O[C@@H]5CO)[C@@H]4O)O[C@@H]3CO)[C@@H]2O)O[C@H](CO)[C@@H](O)[C@@H]1O. The summed E-state index contributed by atoms with van der Waals surface area (Å²) in [7, 11) is 0. The largest absolute Gasteiger partial charge is 0.394 e. The van der Waals surface area contributed by atoms with Gasteiger partial charge in [-0.15, -0.1) is 0 Å². The first-order chi connectivity index (χ1) is 37.5. The fraction of sp³-hybridized carbons (Fsp3) is 0.932. The number of aliphatic hydroxyl groups is 17. The minimum Gasteiger partial charge on any atom is -0.394 e. The van der Waals surface area contributed by atoms with Crippen LogP contribution in [0.5, 0.6) is 0 Å². The summed E-state index contributed by atoms with van der Waals surface area (Å²) in [5.74, 6) is -1.69. The topological polar surface area (TPSA) is 542 Å². The maximum atomic E-state index is 13.2. The normalized spacial score (nSPS) is 47.2. The van der Waals surface area contributed by atoms with E-state index in [-0.39, 0.29) is 6.41 Å². The molecule has 458 valence electrons. The van der Waals surface area contributed by atoms with Crippen LogP contribution in [0.1, 0.15) is 20.8 Å². The third kappa shape index (κ3) is 14.8. The van der Waals surface area contributed by atoms with Gasteiger partial charge in [-0.3, -0.25) is 14.4 Å². The second-order valence-electron chi connectivity index (χ2n) is 19.7. The molecule has 6 heterocycles. The number of carbonyl (C=O) groups excluding carboxylic acids is 3. The summed E-state index contributed by atoms with van der Waals surface area (Å²) in [4.78, 5) is 36.2. The first-order valence-corrected chi connectivity index (χ1v) is 25.2. The van der Waals surface area contributed by atoms with Crippen LogP contribution in [0.25, 0.3) is 0 Å². The monoisotopic (exact) mass is 1160 g/mol. The first-order valence-electron chi connectivity index (χ1n) is 25.2. The Morgan fingerprint density at radius 2 is 0.835 bits per heavy atom. The molecular formula is C44H75N3O32. The van der Waals surface area contributed by atoms with E-state index in [1.165, 1.54) is 6.92 Å². The molecule has 0 aromatic rings. The number of ether oxygens (including phenoxy) is 12. The van der Waals surface area contributed by atoms with Gasteiger partial charge in [0.2, 0.25) is 18.2 Å². The molecule has 3 amide bonds. The van der Waals surface area contributed by atoms with Gasteiger partial charge < -0.3 is 160 Å². The summed E-state index contributed by atoms with van der Waals surface area (Å²) in [5.41, 5.74) is 0. The van der Waals surface area contributed by atoms with E-state index in [1.54, 1.807) is 0 Å². The van der Waals surface area contributed by atoms with E-state index < -0.39 is 248 Å². The lowest BCUT2D eigenvalue weighted by molar-refractivity contribution is -0.395. The lowest BCUT2D eigenvalue weighted by atomic mass is 9.93. The minimum absolute atomic E-state index is 0.272. The summed E-state index contributed by atoms with van der Waals surface area (Å²) >= 11 is 0. The van der Waals surface area contributed by atoms with Crippen LogP contribution >= 0.6 is 0 Å². The Labute approximate surface area is 448 Å². The standard InChI is InChI=1S/C44H75N3O32/c1-12-23(57)28(62)30(64)42(69-12)77-36-22(47-14(3)56)40(79-38-26(60)17(6-50)71-43(32(38)66)75-34-19(8-52)74-41(31(65)29(34)63)68-10-15(4-48)45-11-54)73-20(9-53)35(36)76-44-33(67)37(25(59)18(7-51)72-44)78-39-21(46-13(2)55)27(61)24(58)16(5-49)70-39/h11-12,15-44,48-53,57-67H,4-10H2,1-3H3,(H,45,54)(H,46,55)(H,47,56)/t12-,15+,16+,17+,18+,19+,20+,21+,22+,23+,24+,25-,26-,27+,28+,29+,30-,31+,32+,33+,34+,35+,36+,37-,38-,39-,40-,41+,42-,43-,44-/m0/s1. The molecule has 0 radical (unpaired) electrons. The van der Waals surface area contributed by atoms with E-state index in [0.717, 1.165) is 13.8 Å². The molecule has 6 rings (SSSR count). The number of amides is 3. The van der Waals surface area contributed by atoms with E-state index in [0.29, 0.717) is 0 Å². The summed E-state index contributed by atoms with van der Waals surface area (Å²) < 4.78 is 70.2. The highest BCUT2D eigenvalue weighted by Gasteiger charge is 2.59. The van der Waals surface area contributed by atoms with Crippen molar-refractivity contribution in [1.29, 1.82) is 0 Å². The highest BCUT2D eigenvalue weighted by Crippen LogP contribution is 2.38. The zero-order valence-corrected chi connectivity index (χ0v) is 42.7. The van der Waals surface area contributed by atoms with Crippen LogP contribution in [0.4, 0.5) is 0 Å². The zero-order valence-electron chi connectivity index (χ0n) is 42.7. The maximum absolute atomic E-state index is 13.2. The van der Waals surface area contributed by atoms with E-state index in [2.05, 4.69) is 16.0 Å². The summed E-state index contributed by atoms with van der Waals surface area (Å²) in [6, 6.07) is -4.49. The van der Waals surface area contributed by atoms with E-state index in [1.807, 2.05) is 0 Å². The van der Waals surface area contributed by atoms with Gasteiger partial charge in [0, 0.05) is 13.8 Å². The second kappa shape index (κ2) is 29.2. The fourth-order valence-electron chi connectivity index (χ4n) is 9.84. The molecule has 0 saturated carbocycles. The average molecular weight is 1160 g/mol. The number of hydrogen-bond donors (Lipinski definition) is 20. The first kappa shape index (κ1) is 65.4. The van der Waals surface area contributed by atoms with E-state index in [9.17, 15) is 101 Å². The van der Waals surface area contributed by atoms with Crippen molar-refractivity contribution in [2.24, 2.45) is 0 Å². The Kier molecular flexibility index (Phi) is 24.2. The van der Waals surface area contributed by atoms with Crippen molar-refractivity contribution in [3.05, 3.63) is 0 Å². The maximum Gasteiger partial charge on any atom is 0.217 e. The van der Waals surface area contributed by atoms with Gasteiger partial charge in [-0.05, 0) is 6.92 Å². The Hall–Kier alpha value is -2.75. The predicted molar refractivity (Wildman–Crippen MR) is 245 cm³/mol. The third-order valence-corrected chi connectivity index (χ3v) is 14.2. The van der Waals surface area contributed by atoms with Crippen LogP contribution in [0.2, 0.25) is 0 Å². The number of rotatable bonds is 23. The fourth-order valence-corrected chi connectivity index (χ4v) is 9.84. The van der Waals surface area contributed by atoms with Crippen molar-refractivity contribution in [1.82, 2.24) is 16.0 Å². The molecule has 0 aliphatic carbocycles. The Balaban J connectivity index is 1.32. The van der Waals surface area contributed by atoms with Gasteiger partial charge in [0.25, 0.3) is 0 Å². The van der Waals surface area contributed by atoms with Gasteiger partial charge in [-0.1, -0.05) is 0 Å². The number of carbonyl (C=O) groups is 3. The molecule has 0 aromatic carbocycles. The lowest BCUT2D eigenvalue weighted by Gasteiger charge is -2.52. The zero-order chi connectivity index (χ0) is 58.3. The molecule has 0 bridgehead atoms. The predicted octanol–water partition coefficient (Wildman–Crippen LogP) is -13.7. The second-order valence-corrected chi connectivity index (χ2v) is 19.7. The summed E-state index contributed by atoms with van der Waals surface area (Å²) in [6.45, 7) is -2.80. The molecule has 31 atom stereocenters. The molecule has 0 spiro atoms. The average Bonchev–Trinajstić information content (AvgIpc) is 3.46. The Bertz CT molecular complexity index is 1910. The van der Waals surface area contributed by atoms with Crippen molar-refractivity contribution >= 4 is 18.2 Å². The van der Waals surface area contributed by atoms with E-state index >= 15 is 0 Å². The quantitative estimate of drug-likeness (QED) is 0.0423. The van der Waals surface area contributed by atoms with Gasteiger partial charge in [-0.2, -0.15) is 0 Å². The van der Waals surface area contributed by atoms with Crippen molar-refractivity contribution in [3.63, 3.8) is 0 Å². The minimum atomic E-state index is -2.24. The molecule has 0 aromatic heterocycles. The van der Waals surface area contributed by atoms with Crippen LogP contribution in [0.15, 0.2) is 0 Å². The number of nitrogens with one attached hydrogen (secondary N) is 3. The van der Waals surface area contributed by atoms with Gasteiger partial charge in [0.15, 0.2) is 37.7 Å². The Morgan fingerprint density at radius 3 is 1.34 bits per heavy atom. The molecule has 20 N–H and O–H groups in total. The lowest BCUT2D eigenvalue weighted by Crippen LogP contribution is -2.71. The molecule has 6 fully saturated rings. The van der Waals surface area contributed by atoms with Crippen LogP contribution in [0.3, 0.4) is 0 Å². The molecule has 6 aliphatic rings. The highest BCUT2D eigenvalue weighted by atomic mass is 16.8. The summed E-state index contributed by atoms with van der Waals surface area (Å²) in [6.07, 6.45) is -53.1. The molecule has 0 unspecified atom stereocenters. The molecule has 35 nitrogen and oxygen atoms in total. The van der Waals surface area contributed by atoms with Crippen LogP contribution in [0, 0.1) is 0 Å². The molecular weight excluding hydrogens is 1080 g/mol. The van der Waals surface area contributed by atoms with Crippen molar-refractivity contribution in [2.75, 3.05) is 46.2 Å². The van der Waals surface area contributed by atoms with Gasteiger partial charge >= 0.3 is 0 Å². The molecule has 6 aliphatic heterocycles. The van der Waals surface area contributed by atoms with Gasteiger partial charge in [0.05, 0.1) is 58.4 Å². The van der Waals surface area contributed by atoms with Crippen LogP contribution in [-0.2, 0) is 71.2 Å². The molecule has 79 heavy (non-hydrogen) atoms. The van der Waals surface area contributed by atoms with Crippen molar-refractivity contribution < 1.29 is 158 Å². The van der Waals surface area contributed by atoms with E-state index in [4.69, 9.17) is 56.8 Å². The highest BCUT2D eigenvalue weighted by molar-refractivity contribution is 5.73. The Morgan fingerprint density at radius 1 is 0.430 bits per heavy atom. The number of aliphatic hydroxyl groups excluding tert-OH is 17. The molecule has 6 saturated heterocycles. The van der Waals surface area contributed by atoms with Gasteiger partial charge in [-0.25, -0.2) is 0 Å². The summed E-state index contributed by atoms with van der Waals surface area (Å²) in [5, 5.41) is 191. The van der Waals surface area contributed by atoms with Crippen LogP contribution < -0.4 is 16.0 Å². The number of hydrogen-bond acceptors (Lipinski definition) is 32. The third-order valence-electron chi connectivity index (χ3n) is 14.2. The van der Waals surface area contributed by atoms with Gasteiger partial charge in [0.1, 0.15) is 140 Å². The van der Waals surface area contributed by atoms with Crippen molar-refractivity contribution in [2.45, 2.75) is 211 Å². The smallest absolute Gasteiger partial charge is 0.217 e.